The minimum Gasteiger partial charge on any atom is -0.493 e. The van der Waals surface area contributed by atoms with E-state index in [9.17, 15) is 4.79 Å². The number of carbonyl (C=O) groups is 1. The quantitative estimate of drug-likeness (QED) is 0.948. The van der Waals surface area contributed by atoms with Gasteiger partial charge in [0, 0.05) is 30.7 Å². The summed E-state index contributed by atoms with van der Waals surface area (Å²) in [4.78, 5) is 17.9. The molecular weight excluding hydrogens is 280 g/mol. The Balaban J connectivity index is 1.98. The van der Waals surface area contributed by atoms with Gasteiger partial charge in [-0.05, 0) is 24.8 Å². The molecule has 1 N–H and O–H groups in total. The van der Waals surface area contributed by atoms with Gasteiger partial charge in [0.05, 0.1) is 25.3 Å². The molecule has 0 spiro atoms. The molecule has 0 saturated carbocycles. The number of rotatable bonds is 3. The number of likely N-dealkylation sites (tertiary alicyclic amines) is 1. The Bertz CT molecular complexity index is 693. The number of benzene rings is 1. The Morgan fingerprint density at radius 3 is 2.68 bits per heavy atom. The summed E-state index contributed by atoms with van der Waals surface area (Å²) in [5, 5.41) is 0.876. The first-order valence-corrected chi connectivity index (χ1v) is 7.66. The number of H-pyrrole nitrogens is 1. The van der Waals surface area contributed by atoms with E-state index in [1.165, 1.54) is 6.42 Å². The van der Waals surface area contributed by atoms with Gasteiger partial charge in [-0.2, -0.15) is 0 Å². The van der Waals surface area contributed by atoms with Crippen LogP contribution in [0.3, 0.4) is 0 Å². The molecule has 1 amide bonds. The number of fused-ring (bicyclic) bond motifs is 1. The number of hydrogen-bond acceptors (Lipinski definition) is 3. The number of nitrogens with zero attached hydrogens (tertiary/aromatic N) is 1. The zero-order valence-corrected chi connectivity index (χ0v) is 13.3. The molecule has 0 aliphatic carbocycles. The molecule has 5 heteroatoms. The minimum atomic E-state index is 0.0880. The van der Waals surface area contributed by atoms with Crippen LogP contribution in [0.2, 0.25) is 0 Å². The van der Waals surface area contributed by atoms with E-state index < -0.39 is 0 Å². The van der Waals surface area contributed by atoms with Gasteiger partial charge in [0.1, 0.15) is 0 Å². The molecule has 5 nitrogen and oxygen atoms in total. The topological polar surface area (TPSA) is 54.6 Å². The molecule has 1 aromatic carbocycles. The van der Waals surface area contributed by atoms with E-state index in [0.29, 0.717) is 23.0 Å². The standard InChI is InChI=1S/C17H22N2O3/c1-11-5-4-6-19(10-11)17(20)13-9-18-14-8-16(22-3)15(21-2)7-12(13)14/h7-9,11,18H,4-6,10H2,1-3H3. The number of amides is 1. The maximum Gasteiger partial charge on any atom is 0.256 e. The van der Waals surface area contributed by atoms with Gasteiger partial charge in [-0.3, -0.25) is 4.79 Å². The predicted molar refractivity (Wildman–Crippen MR) is 85.7 cm³/mol. The van der Waals surface area contributed by atoms with Gasteiger partial charge in [-0.1, -0.05) is 6.92 Å². The Kier molecular flexibility index (Phi) is 3.96. The van der Waals surface area contributed by atoms with Crippen molar-refractivity contribution >= 4 is 16.8 Å². The maximum atomic E-state index is 12.8. The smallest absolute Gasteiger partial charge is 0.256 e. The van der Waals surface area contributed by atoms with Crippen molar-refractivity contribution in [3.05, 3.63) is 23.9 Å². The summed E-state index contributed by atoms with van der Waals surface area (Å²) in [5.74, 6) is 1.95. The average molecular weight is 302 g/mol. The van der Waals surface area contributed by atoms with E-state index in [1.807, 2.05) is 17.0 Å². The highest BCUT2D eigenvalue weighted by atomic mass is 16.5. The van der Waals surface area contributed by atoms with Gasteiger partial charge in [-0.25, -0.2) is 0 Å². The summed E-state index contributed by atoms with van der Waals surface area (Å²) in [6.45, 7) is 3.87. The highest BCUT2D eigenvalue weighted by Crippen LogP contribution is 2.34. The van der Waals surface area contributed by atoms with Crippen molar-refractivity contribution in [3.8, 4) is 11.5 Å². The molecule has 2 heterocycles. The molecule has 3 rings (SSSR count). The van der Waals surface area contributed by atoms with Crippen LogP contribution < -0.4 is 9.47 Å². The molecule has 1 fully saturated rings. The van der Waals surface area contributed by atoms with Gasteiger partial charge in [0.25, 0.3) is 5.91 Å². The average Bonchev–Trinajstić information content (AvgIpc) is 2.95. The molecule has 1 aliphatic rings. The van der Waals surface area contributed by atoms with Crippen molar-refractivity contribution in [2.24, 2.45) is 5.92 Å². The van der Waals surface area contributed by atoms with Crippen LogP contribution in [0, 0.1) is 5.92 Å². The Morgan fingerprint density at radius 2 is 2.00 bits per heavy atom. The zero-order chi connectivity index (χ0) is 15.7. The fourth-order valence-electron chi connectivity index (χ4n) is 3.17. The summed E-state index contributed by atoms with van der Waals surface area (Å²) in [7, 11) is 3.21. The summed E-state index contributed by atoms with van der Waals surface area (Å²) in [6, 6.07) is 3.73. The van der Waals surface area contributed by atoms with Crippen LogP contribution in [0.15, 0.2) is 18.3 Å². The van der Waals surface area contributed by atoms with E-state index in [2.05, 4.69) is 11.9 Å². The number of methoxy groups -OCH3 is 2. The lowest BCUT2D eigenvalue weighted by atomic mass is 9.99. The second-order valence-electron chi connectivity index (χ2n) is 5.95. The minimum absolute atomic E-state index is 0.0880. The van der Waals surface area contributed by atoms with E-state index in [4.69, 9.17) is 9.47 Å². The van der Waals surface area contributed by atoms with Crippen LogP contribution in [0.5, 0.6) is 11.5 Å². The van der Waals surface area contributed by atoms with Gasteiger partial charge >= 0.3 is 0 Å². The lowest BCUT2D eigenvalue weighted by molar-refractivity contribution is 0.0685. The van der Waals surface area contributed by atoms with Crippen LogP contribution >= 0.6 is 0 Å². The first-order valence-electron chi connectivity index (χ1n) is 7.66. The van der Waals surface area contributed by atoms with Crippen molar-refractivity contribution in [2.75, 3.05) is 27.3 Å². The molecule has 0 radical (unpaired) electrons. The number of nitrogens with one attached hydrogen (secondary N) is 1. The highest BCUT2D eigenvalue weighted by Gasteiger charge is 2.24. The highest BCUT2D eigenvalue weighted by molar-refractivity contribution is 6.07. The van der Waals surface area contributed by atoms with Gasteiger partial charge in [-0.15, -0.1) is 0 Å². The van der Waals surface area contributed by atoms with Crippen LogP contribution in [0.1, 0.15) is 30.1 Å². The summed E-state index contributed by atoms with van der Waals surface area (Å²) in [6.07, 6.45) is 4.06. The second-order valence-corrected chi connectivity index (χ2v) is 5.95. The molecule has 1 atom stereocenters. The van der Waals surface area contributed by atoms with E-state index >= 15 is 0 Å². The van der Waals surface area contributed by atoms with Gasteiger partial charge in [0.2, 0.25) is 0 Å². The van der Waals surface area contributed by atoms with Crippen molar-refractivity contribution in [3.63, 3.8) is 0 Å². The van der Waals surface area contributed by atoms with Crippen molar-refractivity contribution in [2.45, 2.75) is 19.8 Å². The lowest BCUT2D eigenvalue weighted by Gasteiger charge is -2.30. The lowest BCUT2D eigenvalue weighted by Crippen LogP contribution is -2.39. The first-order chi connectivity index (χ1) is 10.6. The molecular formula is C17H22N2O3. The Labute approximate surface area is 130 Å². The number of aromatic nitrogens is 1. The number of hydrogen-bond donors (Lipinski definition) is 1. The normalized spacial score (nSPS) is 18.5. The molecule has 1 saturated heterocycles. The SMILES string of the molecule is COc1cc2[nH]cc(C(=O)N3CCCC(C)C3)c2cc1OC. The Morgan fingerprint density at radius 1 is 1.27 bits per heavy atom. The van der Waals surface area contributed by atoms with Crippen molar-refractivity contribution < 1.29 is 14.3 Å². The van der Waals surface area contributed by atoms with Gasteiger partial charge in [0.15, 0.2) is 11.5 Å². The van der Waals surface area contributed by atoms with Crippen molar-refractivity contribution in [1.82, 2.24) is 9.88 Å². The van der Waals surface area contributed by atoms with E-state index in [1.54, 1.807) is 20.4 Å². The molecule has 1 aromatic heterocycles. The summed E-state index contributed by atoms with van der Waals surface area (Å²) >= 11 is 0. The fourth-order valence-corrected chi connectivity index (χ4v) is 3.17. The van der Waals surface area contributed by atoms with Crippen molar-refractivity contribution in [1.29, 1.82) is 0 Å². The molecule has 0 bridgehead atoms. The van der Waals surface area contributed by atoms with Crippen LogP contribution in [0.25, 0.3) is 10.9 Å². The molecule has 1 aliphatic heterocycles. The Hall–Kier alpha value is -2.17. The third kappa shape index (κ3) is 2.51. The zero-order valence-electron chi connectivity index (χ0n) is 13.3. The largest absolute Gasteiger partial charge is 0.493 e. The number of aromatic amines is 1. The maximum absolute atomic E-state index is 12.8. The molecule has 118 valence electrons. The summed E-state index contributed by atoms with van der Waals surface area (Å²) < 4.78 is 10.7. The number of piperidine rings is 1. The molecule has 2 aromatic rings. The first kappa shape index (κ1) is 14.8. The third-order valence-corrected chi connectivity index (χ3v) is 4.36. The fraction of sp³-hybridized carbons (Fsp3) is 0.471. The van der Waals surface area contributed by atoms with Crippen LogP contribution in [-0.2, 0) is 0 Å². The van der Waals surface area contributed by atoms with Crippen LogP contribution in [0.4, 0.5) is 0 Å². The third-order valence-electron chi connectivity index (χ3n) is 4.36. The molecule has 22 heavy (non-hydrogen) atoms. The second kappa shape index (κ2) is 5.91. The number of carbonyl (C=O) groups excluding carboxylic acids is 1. The number of ether oxygens (including phenoxy) is 2. The van der Waals surface area contributed by atoms with E-state index in [-0.39, 0.29) is 5.91 Å². The monoisotopic (exact) mass is 302 g/mol. The molecule has 1 unspecified atom stereocenters. The van der Waals surface area contributed by atoms with Crippen LogP contribution in [-0.4, -0.2) is 43.1 Å². The summed E-state index contributed by atoms with van der Waals surface area (Å²) in [5.41, 5.74) is 1.58. The van der Waals surface area contributed by atoms with E-state index in [0.717, 1.165) is 30.4 Å². The van der Waals surface area contributed by atoms with Gasteiger partial charge < -0.3 is 19.4 Å². The predicted octanol–water partition coefficient (Wildman–Crippen LogP) is 3.06.